The van der Waals surface area contributed by atoms with Gasteiger partial charge in [0.2, 0.25) is 0 Å². The van der Waals surface area contributed by atoms with Crippen LogP contribution in [0, 0.1) is 0 Å². The number of nitrogens with zero attached hydrogens (tertiary/aromatic N) is 1. The molecular weight excluding hydrogens is 346 g/mol. The SMILES string of the molecule is CCOc1c(Cl)cc(C(=O)N2CCc3sccc3C2C)cc1OC. The van der Waals surface area contributed by atoms with E-state index in [1.807, 2.05) is 11.8 Å². The molecule has 3 rings (SSSR count). The normalized spacial score (nSPS) is 16.7. The highest BCUT2D eigenvalue weighted by atomic mass is 35.5. The maximum absolute atomic E-state index is 13.0. The molecule has 0 spiro atoms. The number of thiophene rings is 1. The average Bonchev–Trinajstić information content (AvgIpc) is 3.06. The van der Waals surface area contributed by atoms with Gasteiger partial charge < -0.3 is 14.4 Å². The number of ether oxygens (including phenoxy) is 2. The molecule has 24 heavy (non-hydrogen) atoms. The van der Waals surface area contributed by atoms with E-state index in [-0.39, 0.29) is 11.9 Å². The Balaban J connectivity index is 1.92. The molecule has 1 aromatic heterocycles. The molecule has 0 radical (unpaired) electrons. The lowest BCUT2D eigenvalue weighted by molar-refractivity contribution is 0.0679. The minimum Gasteiger partial charge on any atom is -0.493 e. The van der Waals surface area contributed by atoms with Gasteiger partial charge in [-0.3, -0.25) is 4.79 Å². The fourth-order valence-electron chi connectivity index (χ4n) is 3.08. The third kappa shape index (κ3) is 2.98. The second-order valence-corrected chi connectivity index (χ2v) is 7.05. The predicted molar refractivity (Wildman–Crippen MR) is 96.6 cm³/mol. The van der Waals surface area contributed by atoms with E-state index >= 15 is 0 Å². The molecule has 1 amide bonds. The van der Waals surface area contributed by atoms with E-state index in [4.69, 9.17) is 21.1 Å². The molecule has 6 heteroatoms. The summed E-state index contributed by atoms with van der Waals surface area (Å²) in [5, 5.41) is 2.48. The molecule has 1 atom stereocenters. The summed E-state index contributed by atoms with van der Waals surface area (Å²) in [7, 11) is 1.55. The molecule has 1 aliphatic heterocycles. The number of hydrogen-bond donors (Lipinski definition) is 0. The first-order chi connectivity index (χ1) is 11.6. The van der Waals surface area contributed by atoms with Gasteiger partial charge in [-0.15, -0.1) is 11.3 Å². The van der Waals surface area contributed by atoms with Gasteiger partial charge in [-0.1, -0.05) is 11.6 Å². The monoisotopic (exact) mass is 365 g/mol. The maximum atomic E-state index is 13.0. The van der Waals surface area contributed by atoms with Gasteiger partial charge >= 0.3 is 0 Å². The number of fused-ring (bicyclic) bond motifs is 1. The molecule has 1 aliphatic rings. The zero-order chi connectivity index (χ0) is 17.3. The predicted octanol–water partition coefficient (Wildman–Crippen LogP) is 4.57. The Bertz CT molecular complexity index is 759. The van der Waals surface area contributed by atoms with Crippen molar-refractivity contribution < 1.29 is 14.3 Å². The van der Waals surface area contributed by atoms with Gasteiger partial charge in [-0.05, 0) is 49.4 Å². The van der Waals surface area contributed by atoms with E-state index < -0.39 is 0 Å². The van der Waals surface area contributed by atoms with Gasteiger partial charge in [0.1, 0.15) is 0 Å². The Hall–Kier alpha value is -1.72. The molecular formula is C18H20ClNO3S. The zero-order valence-corrected chi connectivity index (χ0v) is 15.5. The highest BCUT2D eigenvalue weighted by Crippen LogP contribution is 2.38. The lowest BCUT2D eigenvalue weighted by Gasteiger charge is -2.34. The topological polar surface area (TPSA) is 38.8 Å². The summed E-state index contributed by atoms with van der Waals surface area (Å²) in [5.74, 6) is 0.918. The highest BCUT2D eigenvalue weighted by molar-refractivity contribution is 7.10. The van der Waals surface area contributed by atoms with Crippen LogP contribution in [0.1, 0.15) is 40.7 Å². The number of rotatable bonds is 4. The minimum absolute atomic E-state index is 0.0393. The van der Waals surface area contributed by atoms with Crippen LogP contribution in [0.5, 0.6) is 11.5 Å². The number of hydrogen-bond acceptors (Lipinski definition) is 4. The van der Waals surface area contributed by atoms with Crippen molar-refractivity contribution in [1.82, 2.24) is 4.90 Å². The molecule has 2 heterocycles. The summed E-state index contributed by atoms with van der Waals surface area (Å²) >= 11 is 8.06. The fraction of sp³-hybridized carbons (Fsp3) is 0.389. The molecule has 1 unspecified atom stereocenters. The Morgan fingerprint density at radius 3 is 2.96 bits per heavy atom. The first-order valence-electron chi connectivity index (χ1n) is 7.94. The molecule has 0 saturated carbocycles. The van der Waals surface area contributed by atoms with E-state index in [1.165, 1.54) is 10.4 Å². The Morgan fingerprint density at radius 1 is 1.46 bits per heavy atom. The van der Waals surface area contributed by atoms with Crippen molar-refractivity contribution in [3.8, 4) is 11.5 Å². The van der Waals surface area contributed by atoms with Crippen molar-refractivity contribution >= 4 is 28.8 Å². The quantitative estimate of drug-likeness (QED) is 0.796. The lowest BCUT2D eigenvalue weighted by atomic mass is 10.00. The summed E-state index contributed by atoms with van der Waals surface area (Å²) < 4.78 is 10.9. The summed E-state index contributed by atoms with van der Waals surface area (Å²) in [6.45, 7) is 5.13. The van der Waals surface area contributed by atoms with Gasteiger partial charge in [0.15, 0.2) is 11.5 Å². The van der Waals surface area contributed by atoms with E-state index in [0.29, 0.717) is 35.2 Å². The molecule has 2 aromatic rings. The molecule has 0 bridgehead atoms. The van der Waals surface area contributed by atoms with Crippen LogP contribution in [0.2, 0.25) is 5.02 Å². The first-order valence-corrected chi connectivity index (χ1v) is 9.20. The third-order valence-electron chi connectivity index (χ3n) is 4.30. The van der Waals surface area contributed by atoms with Crippen LogP contribution in [0.25, 0.3) is 0 Å². The summed E-state index contributed by atoms with van der Waals surface area (Å²) in [5.41, 5.74) is 1.76. The minimum atomic E-state index is -0.0393. The number of amides is 1. The first kappa shape index (κ1) is 17.1. The van der Waals surface area contributed by atoms with Gasteiger partial charge in [-0.25, -0.2) is 0 Å². The Kier molecular flexibility index (Phi) is 5.01. The van der Waals surface area contributed by atoms with Crippen LogP contribution >= 0.6 is 22.9 Å². The smallest absolute Gasteiger partial charge is 0.254 e. The standard InChI is InChI=1S/C18H20ClNO3S/c1-4-23-17-14(19)9-12(10-15(17)22-3)18(21)20-7-5-16-13(11(20)2)6-8-24-16/h6,8-11H,4-5,7H2,1-3H3. The third-order valence-corrected chi connectivity index (χ3v) is 5.58. The van der Waals surface area contributed by atoms with Crippen molar-refractivity contribution in [1.29, 1.82) is 0 Å². The molecule has 1 aromatic carbocycles. The zero-order valence-electron chi connectivity index (χ0n) is 14.0. The van der Waals surface area contributed by atoms with Gasteiger partial charge in [-0.2, -0.15) is 0 Å². The maximum Gasteiger partial charge on any atom is 0.254 e. The van der Waals surface area contributed by atoms with Crippen LogP contribution in [-0.4, -0.2) is 31.1 Å². The molecule has 0 N–H and O–H groups in total. The van der Waals surface area contributed by atoms with E-state index in [0.717, 1.165) is 6.42 Å². The molecule has 4 nitrogen and oxygen atoms in total. The van der Waals surface area contributed by atoms with Crippen molar-refractivity contribution in [3.05, 3.63) is 44.6 Å². The van der Waals surface area contributed by atoms with Crippen LogP contribution in [0.15, 0.2) is 23.6 Å². The molecule has 0 fully saturated rings. The van der Waals surface area contributed by atoms with Crippen molar-refractivity contribution in [2.45, 2.75) is 26.3 Å². The summed E-state index contributed by atoms with van der Waals surface area (Å²) in [4.78, 5) is 16.3. The molecule has 0 saturated heterocycles. The number of benzene rings is 1. The van der Waals surface area contributed by atoms with Crippen molar-refractivity contribution in [2.75, 3.05) is 20.3 Å². The highest BCUT2D eigenvalue weighted by Gasteiger charge is 2.30. The second-order valence-electron chi connectivity index (χ2n) is 5.65. The van der Waals surface area contributed by atoms with Crippen LogP contribution < -0.4 is 9.47 Å². The van der Waals surface area contributed by atoms with E-state index in [9.17, 15) is 4.79 Å². The largest absolute Gasteiger partial charge is 0.493 e. The van der Waals surface area contributed by atoms with Crippen molar-refractivity contribution in [2.24, 2.45) is 0 Å². The summed E-state index contributed by atoms with van der Waals surface area (Å²) in [6.07, 6.45) is 0.894. The number of carbonyl (C=O) groups is 1. The van der Waals surface area contributed by atoms with E-state index in [2.05, 4.69) is 18.4 Å². The lowest BCUT2D eigenvalue weighted by Crippen LogP contribution is -2.38. The second kappa shape index (κ2) is 7.03. The van der Waals surface area contributed by atoms with Crippen LogP contribution in [0.3, 0.4) is 0 Å². The number of halogens is 1. The van der Waals surface area contributed by atoms with Gasteiger partial charge in [0, 0.05) is 17.0 Å². The molecule has 128 valence electrons. The average molecular weight is 366 g/mol. The number of methoxy groups -OCH3 is 1. The van der Waals surface area contributed by atoms with Crippen LogP contribution in [-0.2, 0) is 6.42 Å². The van der Waals surface area contributed by atoms with Crippen LogP contribution in [0.4, 0.5) is 0 Å². The Labute approximate surface area is 150 Å². The van der Waals surface area contributed by atoms with Gasteiger partial charge in [0.25, 0.3) is 5.91 Å². The number of carbonyl (C=O) groups excluding carboxylic acids is 1. The van der Waals surface area contributed by atoms with Crippen molar-refractivity contribution in [3.63, 3.8) is 0 Å². The summed E-state index contributed by atoms with van der Waals surface area (Å²) in [6, 6.07) is 5.53. The Morgan fingerprint density at radius 2 is 2.25 bits per heavy atom. The van der Waals surface area contributed by atoms with Gasteiger partial charge in [0.05, 0.1) is 24.8 Å². The fourth-order valence-corrected chi connectivity index (χ4v) is 4.31. The van der Waals surface area contributed by atoms with E-state index in [1.54, 1.807) is 30.6 Å². The molecule has 0 aliphatic carbocycles.